The van der Waals surface area contributed by atoms with Crippen LogP contribution in [0.1, 0.15) is 57.9 Å². The minimum atomic E-state index is -0.648. The van der Waals surface area contributed by atoms with Gasteiger partial charge in [0, 0.05) is 0 Å². The molecule has 0 amide bonds. The second-order valence-electron chi connectivity index (χ2n) is 8.29. The number of hydrogen-bond donors (Lipinski definition) is 1. The van der Waals surface area contributed by atoms with Crippen LogP contribution in [0.25, 0.3) is 23.3 Å². The molecule has 1 aliphatic rings. The van der Waals surface area contributed by atoms with Gasteiger partial charge in [-0.2, -0.15) is 5.22 Å². The Bertz CT molecular complexity index is 888. The van der Waals surface area contributed by atoms with E-state index in [9.17, 15) is 4.39 Å². The molecule has 1 aromatic carbocycles. The molecule has 1 fully saturated rings. The summed E-state index contributed by atoms with van der Waals surface area (Å²) < 4.78 is 13.2. The normalized spacial score (nSPS) is 21.6. The molecule has 1 aromatic heterocycles. The summed E-state index contributed by atoms with van der Waals surface area (Å²) in [5, 5.41) is 2.16. The Morgan fingerprint density at radius 1 is 1.24 bits per heavy atom. The number of halogens is 1. The van der Waals surface area contributed by atoms with Crippen LogP contribution < -0.4 is 79.5 Å². The summed E-state index contributed by atoms with van der Waals surface area (Å²) in [6.07, 6.45) is 16.6. The smallest absolute Gasteiger partial charge is 0.423 e. The predicted octanol–water partition coefficient (Wildman–Crippen LogP) is 2.82. The predicted molar refractivity (Wildman–Crippen MR) is 118 cm³/mol. The van der Waals surface area contributed by atoms with Gasteiger partial charge in [-0.05, 0) is 43.6 Å². The van der Waals surface area contributed by atoms with Crippen molar-refractivity contribution in [2.24, 2.45) is 11.8 Å². The SMILES string of the molecule is C=C/C=c1/[nH]cc(-c2cccc(CCC3CCC(CC(C)F)CC3)c2)c1=[C-]C.[Cs+]. The summed E-state index contributed by atoms with van der Waals surface area (Å²) in [6.45, 7) is 7.44. The molecule has 1 heterocycles. The summed E-state index contributed by atoms with van der Waals surface area (Å²) in [5.74, 6) is 1.40. The van der Waals surface area contributed by atoms with Gasteiger partial charge in [-0.25, -0.2) is 10.5 Å². The molecule has 1 nitrogen and oxygen atoms in total. The number of aromatic nitrogens is 1. The van der Waals surface area contributed by atoms with Gasteiger partial charge in [0.2, 0.25) is 0 Å². The maximum atomic E-state index is 13.2. The van der Waals surface area contributed by atoms with Gasteiger partial charge in [0.15, 0.2) is 0 Å². The summed E-state index contributed by atoms with van der Waals surface area (Å²) in [5.41, 5.74) is 3.83. The Hall–Kier alpha value is -0.0381. The van der Waals surface area contributed by atoms with Crippen LogP contribution in [-0.2, 0) is 6.42 Å². The second-order valence-corrected chi connectivity index (χ2v) is 8.29. The van der Waals surface area contributed by atoms with E-state index in [1.54, 1.807) is 13.0 Å². The van der Waals surface area contributed by atoms with Crippen molar-refractivity contribution >= 4 is 12.2 Å². The number of aryl methyl sites for hydroxylation is 1. The molecule has 1 atom stereocenters. The number of aromatic amines is 1. The minimum Gasteiger partial charge on any atom is -0.423 e. The summed E-state index contributed by atoms with van der Waals surface area (Å²) in [7, 11) is 0. The molecule has 1 saturated carbocycles. The third kappa shape index (κ3) is 7.26. The molecule has 3 heteroatoms. The van der Waals surface area contributed by atoms with Gasteiger partial charge in [-0.3, -0.25) is 0 Å². The first-order chi connectivity index (χ1) is 13.6. The number of benzene rings is 1. The van der Waals surface area contributed by atoms with Gasteiger partial charge in [0.05, 0.1) is 6.17 Å². The quantitative estimate of drug-likeness (QED) is 0.551. The maximum absolute atomic E-state index is 13.2. The molecule has 29 heavy (non-hydrogen) atoms. The van der Waals surface area contributed by atoms with Crippen molar-refractivity contribution in [2.75, 3.05) is 0 Å². The van der Waals surface area contributed by atoms with Gasteiger partial charge in [0.1, 0.15) is 0 Å². The van der Waals surface area contributed by atoms with Crippen molar-refractivity contribution in [3.8, 4) is 11.1 Å². The van der Waals surface area contributed by atoms with Crippen molar-refractivity contribution in [1.82, 2.24) is 4.98 Å². The molecule has 2 aromatic rings. The Kier molecular flexibility index (Phi) is 11.1. The molecule has 0 aliphatic heterocycles. The van der Waals surface area contributed by atoms with Gasteiger partial charge < -0.3 is 4.98 Å². The average molecular weight is 511 g/mol. The molecule has 1 N–H and O–H groups in total. The summed E-state index contributed by atoms with van der Waals surface area (Å²) in [6, 6.07) is 8.89. The van der Waals surface area contributed by atoms with E-state index in [-0.39, 0.29) is 68.9 Å². The third-order valence-electron chi connectivity index (χ3n) is 6.15. The first-order valence-electron chi connectivity index (χ1n) is 10.7. The third-order valence-corrected chi connectivity index (χ3v) is 6.15. The fraction of sp³-hybridized carbons (Fsp3) is 0.462. The van der Waals surface area contributed by atoms with E-state index >= 15 is 0 Å². The Balaban J connectivity index is 0.00000300. The van der Waals surface area contributed by atoms with E-state index in [0.29, 0.717) is 5.92 Å². The van der Waals surface area contributed by atoms with Gasteiger partial charge in [0.25, 0.3) is 0 Å². The number of alkyl halides is 1. The fourth-order valence-corrected chi connectivity index (χ4v) is 4.67. The fourth-order valence-electron chi connectivity index (χ4n) is 4.67. The molecule has 150 valence electrons. The number of hydrogen-bond acceptors (Lipinski definition) is 0. The molecule has 0 bridgehead atoms. The van der Waals surface area contributed by atoms with Gasteiger partial charge in [-0.1, -0.05) is 86.1 Å². The van der Waals surface area contributed by atoms with E-state index in [2.05, 4.69) is 48.1 Å². The Labute approximate surface area is 234 Å². The molecule has 1 aliphatic carbocycles. The van der Waals surface area contributed by atoms with Crippen LogP contribution in [0.3, 0.4) is 0 Å². The van der Waals surface area contributed by atoms with Crippen molar-refractivity contribution < 1.29 is 73.3 Å². The molecular formula is C26H33CsFN. The first-order valence-corrected chi connectivity index (χ1v) is 10.7. The Morgan fingerprint density at radius 3 is 2.62 bits per heavy atom. The average Bonchev–Trinajstić information content (AvgIpc) is 3.10. The molecular weight excluding hydrogens is 478 g/mol. The largest absolute Gasteiger partial charge is 1.00 e. The van der Waals surface area contributed by atoms with E-state index in [0.717, 1.165) is 29.3 Å². The molecule has 0 spiro atoms. The monoisotopic (exact) mass is 511 g/mol. The van der Waals surface area contributed by atoms with Crippen LogP contribution in [-0.4, -0.2) is 11.2 Å². The molecule has 1 unspecified atom stereocenters. The zero-order valence-corrected chi connectivity index (χ0v) is 24.6. The molecule has 0 radical (unpaired) electrons. The number of allylic oxidation sites excluding steroid dienone is 1. The second kappa shape index (κ2) is 12.7. The van der Waals surface area contributed by atoms with Crippen LogP contribution in [0.15, 0.2) is 43.1 Å². The summed E-state index contributed by atoms with van der Waals surface area (Å²) >= 11 is 0. The van der Waals surface area contributed by atoms with Crippen molar-refractivity contribution in [1.29, 1.82) is 0 Å². The zero-order valence-electron chi connectivity index (χ0n) is 18.3. The summed E-state index contributed by atoms with van der Waals surface area (Å²) in [4.78, 5) is 3.33. The standard InChI is InChI=1S/C26H33FN.Cs/c1-4-7-26-24(5-2)25(18-28-26)23-9-6-8-21(17-23)13-10-20-11-14-22(15-12-20)16-19(3)27;/h4,6-9,17-20,22,28H,1,10-16H2,2-3H3;/q-1;+1/b26-7+;. The van der Waals surface area contributed by atoms with E-state index < -0.39 is 6.17 Å². The van der Waals surface area contributed by atoms with Crippen LogP contribution in [0.4, 0.5) is 4.39 Å². The van der Waals surface area contributed by atoms with Crippen LogP contribution >= 0.6 is 0 Å². The minimum absolute atomic E-state index is 0. The van der Waals surface area contributed by atoms with Crippen LogP contribution in [0, 0.1) is 11.8 Å². The number of H-pyrrole nitrogens is 1. The van der Waals surface area contributed by atoms with E-state index in [1.807, 2.05) is 13.0 Å². The topological polar surface area (TPSA) is 15.8 Å². The van der Waals surface area contributed by atoms with Crippen molar-refractivity contribution in [3.05, 3.63) is 59.2 Å². The molecule has 0 saturated heterocycles. The van der Waals surface area contributed by atoms with Crippen LogP contribution in [0.2, 0.25) is 0 Å². The number of nitrogens with one attached hydrogen (secondary N) is 1. The number of rotatable bonds is 7. The first kappa shape index (κ1) is 25.2. The van der Waals surface area contributed by atoms with Crippen molar-refractivity contribution in [2.45, 2.75) is 65.0 Å². The van der Waals surface area contributed by atoms with Crippen LogP contribution in [0.5, 0.6) is 0 Å². The van der Waals surface area contributed by atoms with E-state index in [4.69, 9.17) is 0 Å². The zero-order chi connectivity index (χ0) is 19.9. The van der Waals surface area contributed by atoms with Gasteiger partial charge in [-0.15, -0.1) is 12.1 Å². The Morgan fingerprint density at radius 2 is 1.97 bits per heavy atom. The maximum Gasteiger partial charge on any atom is 1.00 e. The van der Waals surface area contributed by atoms with E-state index in [1.165, 1.54) is 48.8 Å². The van der Waals surface area contributed by atoms with Crippen molar-refractivity contribution in [3.63, 3.8) is 0 Å². The molecule has 3 rings (SSSR count). The van der Waals surface area contributed by atoms with Gasteiger partial charge >= 0.3 is 68.9 Å².